The summed E-state index contributed by atoms with van der Waals surface area (Å²) in [4.78, 5) is 5.84. The van der Waals surface area contributed by atoms with Gasteiger partial charge >= 0.3 is 0 Å². The van der Waals surface area contributed by atoms with Crippen molar-refractivity contribution < 1.29 is 4.74 Å². The third-order valence-corrected chi connectivity index (χ3v) is 4.18. The molecule has 0 aliphatic rings. The fourth-order valence-electron chi connectivity index (χ4n) is 2.19. The molecule has 118 valence electrons. The van der Waals surface area contributed by atoms with Crippen LogP contribution in [0.5, 0.6) is 0 Å². The zero-order valence-corrected chi connectivity index (χ0v) is 13.9. The second kappa shape index (κ2) is 8.56. The number of nitrogens with zero attached hydrogens (tertiary/aromatic N) is 1. The molecule has 0 bridgehead atoms. The van der Waals surface area contributed by atoms with Gasteiger partial charge in [-0.2, -0.15) is 0 Å². The number of aliphatic imine (C=N–C) groups is 1. The SMILES string of the molecule is COCc1ccccc1NC(N)=NCC(C)Cc1cccs1. The molecule has 4 nitrogen and oxygen atoms in total. The van der Waals surface area contributed by atoms with Gasteiger partial charge in [-0.05, 0) is 29.9 Å². The number of ether oxygens (including phenoxy) is 1. The molecule has 1 aromatic carbocycles. The molecule has 1 atom stereocenters. The van der Waals surface area contributed by atoms with E-state index in [1.165, 1.54) is 4.88 Å². The Morgan fingerprint density at radius 2 is 2.14 bits per heavy atom. The van der Waals surface area contributed by atoms with E-state index in [0.29, 0.717) is 25.0 Å². The summed E-state index contributed by atoms with van der Waals surface area (Å²) in [5.74, 6) is 0.912. The van der Waals surface area contributed by atoms with Crippen molar-refractivity contribution in [2.24, 2.45) is 16.6 Å². The Morgan fingerprint density at radius 1 is 1.32 bits per heavy atom. The second-order valence-electron chi connectivity index (χ2n) is 5.33. The first-order valence-corrected chi connectivity index (χ1v) is 8.23. The minimum Gasteiger partial charge on any atom is -0.380 e. The lowest BCUT2D eigenvalue weighted by Crippen LogP contribution is -2.24. The van der Waals surface area contributed by atoms with E-state index in [0.717, 1.165) is 17.7 Å². The topological polar surface area (TPSA) is 59.6 Å². The van der Waals surface area contributed by atoms with Gasteiger partial charge in [-0.15, -0.1) is 11.3 Å². The van der Waals surface area contributed by atoms with E-state index in [-0.39, 0.29) is 0 Å². The second-order valence-corrected chi connectivity index (χ2v) is 6.36. The molecule has 0 amide bonds. The normalized spacial score (nSPS) is 13.1. The molecular formula is C17H23N3OS. The monoisotopic (exact) mass is 317 g/mol. The Bertz CT molecular complexity index is 596. The molecule has 2 aromatic rings. The summed E-state index contributed by atoms with van der Waals surface area (Å²) in [6, 6.07) is 12.2. The Balaban J connectivity index is 1.89. The number of rotatable bonds is 7. The van der Waals surface area contributed by atoms with Crippen LogP contribution >= 0.6 is 11.3 Å². The lowest BCUT2D eigenvalue weighted by Gasteiger charge is -2.12. The minimum atomic E-state index is 0.446. The highest BCUT2D eigenvalue weighted by atomic mass is 32.1. The van der Waals surface area contributed by atoms with Crippen LogP contribution < -0.4 is 11.1 Å². The molecule has 3 N–H and O–H groups in total. The van der Waals surface area contributed by atoms with Gasteiger partial charge in [0, 0.05) is 29.8 Å². The van der Waals surface area contributed by atoms with E-state index < -0.39 is 0 Å². The van der Waals surface area contributed by atoms with Crippen molar-refractivity contribution in [1.29, 1.82) is 0 Å². The highest BCUT2D eigenvalue weighted by molar-refractivity contribution is 7.09. The van der Waals surface area contributed by atoms with Gasteiger partial charge in [-0.3, -0.25) is 4.99 Å². The maximum absolute atomic E-state index is 5.99. The molecule has 0 saturated heterocycles. The van der Waals surface area contributed by atoms with Gasteiger partial charge < -0.3 is 15.8 Å². The van der Waals surface area contributed by atoms with Crippen LogP contribution in [0.4, 0.5) is 5.69 Å². The molecule has 0 saturated carbocycles. The molecule has 1 aromatic heterocycles. The van der Waals surface area contributed by atoms with Crippen LogP contribution in [0.25, 0.3) is 0 Å². The first-order valence-electron chi connectivity index (χ1n) is 7.35. The quantitative estimate of drug-likeness (QED) is 0.607. The fraction of sp³-hybridized carbons (Fsp3) is 0.353. The van der Waals surface area contributed by atoms with Gasteiger partial charge in [0.1, 0.15) is 0 Å². The van der Waals surface area contributed by atoms with Gasteiger partial charge in [-0.1, -0.05) is 31.2 Å². The average Bonchev–Trinajstić information content (AvgIpc) is 3.00. The van der Waals surface area contributed by atoms with E-state index in [1.54, 1.807) is 18.4 Å². The Kier molecular flexibility index (Phi) is 6.43. The van der Waals surface area contributed by atoms with Crippen LogP contribution in [0, 0.1) is 5.92 Å². The molecule has 0 spiro atoms. The summed E-state index contributed by atoms with van der Waals surface area (Å²) in [5, 5.41) is 5.27. The summed E-state index contributed by atoms with van der Waals surface area (Å²) >= 11 is 1.79. The number of anilines is 1. The molecule has 1 unspecified atom stereocenters. The van der Waals surface area contributed by atoms with E-state index >= 15 is 0 Å². The van der Waals surface area contributed by atoms with Gasteiger partial charge in [-0.25, -0.2) is 0 Å². The number of methoxy groups -OCH3 is 1. The van der Waals surface area contributed by atoms with Crippen LogP contribution in [-0.4, -0.2) is 19.6 Å². The van der Waals surface area contributed by atoms with Crippen LogP contribution in [0.2, 0.25) is 0 Å². The molecule has 22 heavy (non-hydrogen) atoms. The van der Waals surface area contributed by atoms with Gasteiger partial charge in [0.15, 0.2) is 5.96 Å². The fourth-order valence-corrected chi connectivity index (χ4v) is 3.06. The zero-order chi connectivity index (χ0) is 15.8. The number of nitrogens with two attached hydrogens (primary N) is 1. The number of guanidine groups is 1. The highest BCUT2D eigenvalue weighted by Crippen LogP contribution is 2.16. The standard InChI is InChI=1S/C17H23N3OS/c1-13(10-15-7-5-9-22-15)11-19-17(18)20-16-8-4-3-6-14(16)12-21-2/h3-9,13H,10-12H2,1-2H3,(H3,18,19,20). The van der Waals surface area contributed by atoms with Crippen molar-refractivity contribution in [2.75, 3.05) is 19.0 Å². The van der Waals surface area contributed by atoms with Crippen LogP contribution in [0.3, 0.4) is 0 Å². The largest absolute Gasteiger partial charge is 0.380 e. The number of hydrogen-bond donors (Lipinski definition) is 2. The van der Waals surface area contributed by atoms with Crippen molar-refractivity contribution in [2.45, 2.75) is 20.0 Å². The molecule has 0 aliphatic heterocycles. The van der Waals surface area contributed by atoms with Gasteiger partial charge in [0.05, 0.1) is 6.61 Å². The molecular weight excluding hydrogens is 294 g/mol. The van der Waals surface area contributed by atoms with E-state index in [4.69, 9.17) is 10.5 Å². The van der Waals surface area contributed by atoms with Crippen LogP contribution in [0.1, 0.15) is 17.4 Å². The van der Waals surface area contributed by atoms with Crippen molar-refractivity contribution in [3.8, 4) is 0 Å². The highest BCUT2D eigenvalue weighted by Gasteiger charge is 2.05. The smallest absolute Gasteiger partial charge is 0.193 e. The van der Waals surface area contributed by atoms with E-state index in [9.17, 15) is 0 Å². The lowest BCUT2D eigenvalue weighted by molar-refractivity contribution is 0.185. The Labute approximate surface area is 136 Å². The van der Waals surface area contributed by atoms with Crippen molar-refractivity contribution >= 4 is 23.0 Å². The number of hydrogen-bond acceptors (Lipinski definition) is 3. The Hall–Kier alpha value is -1.85. The maximum atomic E-state index is 5.99. The summed E-state index contributed by atoms with van der Waals surface area (Å²) in [6.07, 6.45) is 1.04. The molecule has 0 aliphatic carbocycles. The summed E-state index contributed by atoms with van der Waals surface area (Å²) in [7, 11) is 1.68. The third-order valence-electron chi connectivity index (χ3n) is 3.28. The molecule has 0 fully saturated rings. The van der Waals surface area contributed by atoms with Crippen molar-refractivity contribution in [1.82, 2.24) is 0 Å². The predicted octanol–water partition coefficient (Wildman–Crippen LogP) is 3.50. The molecule has 1 heterocycles. The van der Waals surface area contributed by atoms with E-state index in [2.05, 4.69) is 34.7 Å². The Morgan fingerprint density at radius 3 is 2.86 bits per heavy atom. The third kappa shape index (κ3) is 5.16. The van der Waals surface area contributed by atoms with Crippen LogP contribution in [-0.2, 0) is 17.8 Å². The summed E-state index contributed by atoms with van der Waals surface area (Å²) in [6.45, 7) is 3.45. The van der Waals surface area contributed by atoms with Crippen molar-refractivity contribution in [3.63, 3.8) is 0 Å². The predicted molar refractivity (Wildman–Crippen MR) is 94.5 cm³/mol. The van der Waals surface area contributed by atoms with Crippen LogP contribution in [0.15, 0.2) is 46.8 Å². The molecule has 5 heteroatoms. The minimum absolute atomic E-state index is 0.446. The van der Waals surface area contributed by atoms with E-state index in [1.807, 2.05) is 24.3 Å². The average molecular weight is 317 g/mol. The maximum Gasteiger partial charge on any atom is 0.193 e. The zero-order valence-electron chi connectivity index (χ0n) is 13.1. The summed E-state index contributed by atoms with van der Waals surface area (Å²) in [5.41, 5.74) is 8.00. The number of para-hydroxylation sites is 1. The first kappa shape index (κ1) is 16.5. The molecule has 2 rings (SSSR count). The molecule has 0 radical (unpaired) electrons. The first-order chi connectivity index (χ1) is 10.7. The number of thiophene rings is 1. The van der Waals surface area contributed by atoms with Crippen molar-refractivity contribution in [3.05, 3.63) is 52.2 Å². The van der Waals surface area contributed by atoms with Gasteiger partial charge in [0.2, 0.25) is 0 Å². The van der Waals surface area contributed by atoms with Gasteiger partial charge in [0.25, 0.3) is 0 Å². The lowest BCUT2D eigenvalue weighted by atomic mass is 10.1. The number of nitrogens with one attached hydrogen (secondary N) is 1. The summed E-state index contributed by atoms with van der Waals surface area (Å²) < 4.78 is 5.19. The number of benzene rings is 1.